The Labute approximate surface area is 305 Å². The number of fused-ring (bicyclic) bond motifs is 1. The Kier molecular flexibility index (Phi) is 10.4. The van der Waals surface area contributed by atoms with Gasteiger partial charge in [-0.1, -0.05) is 103 Å². The molecule has 0 aliphatic carbocycles. The van der Waals surface area contributed by atoms with Crippen molar-refractivity contribution in [2.75, 3.05) is 17.4 Å². The van der Waals surface area contributed by atoms with Gasteiger partial charge in [0.2, 0.25) is 12.7 Å². The number of anilines is 2. The van der Waals surface area contributed by atoms with Crippen LogP contribution >= 0.6 is 11.8 Å². The topological polar surface area (TPSA) is 106 Å². The fourth-order valence-electron chi connectivity index (χ4n) is 5.55. The highest BCUT2D eigenvalue weighted by molar-refractivity contribution is 8.00. The second-order valence-corrected chi connectivity index (χ2v) is 13.0. The third-order valence-electron chi connectivity index (χ3n) is 8.20. The molecule has 6 aromatic rings. The van der Waals surface area contributed by atoms with E-state index in [1.165, 1.54) is 11.8 Å². The maximum atomic E-state index is 13.7. The molecule has 0 radical (unpaired) electrons. The summed E-state index contributed by atoms with van der Waals surface area (Å²) in [6, 6.07) is 48.5. The lowest BCUT2D eigenvalue weighted by atomic mass is 10.0. The highest BCUT2D eigenvalue weighted by atomic mass is 32.2. The van der Waals surface area contributed by atoms with Crippen molar-refractivity contribution in [3.8, 4) is 22.6 Å². The van der Waals surface area contributed by atoms with E-state index in [2.05, 4.69) is 16.0 Å². The number of hydrogen-bond donors (Lipinski definition) is 3. The summed E-state index contributed by atoms with van der Waals surface area (Å²) >= 11 is 1.39. The van der Waals surface area contributed by atoms with Crippen molar-refractivity contribution in [1.82, 2.24) is 5.32 Å². The Balaban J connectivity index is 1.07. The first kappa shape index (κ1) is 33.9. The Morgan fingerprint density at radius 1 is 0.615 bits per heavy atom. The second-order valence-electron chi connectivity index (χ2n) is 11.8. The SMILES string of the molecule is O=C(Nc1ccc(SC(C(=O)Nc2ccc3c(c2)OCO3)c2ccccc2)cc1)/C(=C/c1ccc(-c2ccccc2)cc1)NC(=O)c1ccccc1. The van der Waals surface area contributed by atoms with Crippen LogP contribution in [0.2, 0.25) is 0 Å². The fraction of sp³-hybridized carbons (Fsp3) is 0.0465. The van der Waals surface area contributed by atoms with Crippen LogP contribution in [0.1, 0.15) is 26.7 Å². The van der Waals surface area contributed by atoms with Crippen LogP contribution in [-0.4, -0.2) is 24.5 Å². The molecule has 256 valence electrons. The van der Waals surface area contributed by atoms with Crippen molar-refractivity contribution in [2.45, 2.75) is 10.1 Å². The lowest BCUT2D eigenvalue weighted by Gasteiger charge is -2.18. The van der Waals surface area contributed by atoms with E-state index in [0.29, 0.717) is 28.4 Å². The van der Waals surface area contributed by atoms with Gasteiger partial charge < -0.3 is 25.4 Å². The molecule has 1 aliphatic heterocycles. The van der Waals surface area contributed by atoms with Crippen LogP contribution in [0.25, 0.3) is 17.2 Å². The first-order valence-electron chi connectivity index (χ1n) is 16.6. The smallest absolute Gasteiger partial charge is 0.272 e. The molecule has 9 heteroatoms. The molecule has 1 heterocycles. The summed E-state index contributed by atoms with van der Waals surface area (Å²) in [5.41, 5.74) is 5.34. The van der Waals surface area contributed by atoms with E-state index in [1.54, 1.807) is 60.7 Å². The van der Waals surface area contributed by atoms with Gasteiger partial charge in [0.25, 0.3) is 11.8 Å². The van der Waals surface area contributed by atoms with Gasteiger partial charge in [-0.15, -0.1) is 11.8 Å². The summed E-state index contributed by atoms with van der Waals surface area (Å²) in [6.45, 7) is 0.147. The normalized spacial score (nSPS) is 12.4. The average molecular weight is 704 g/mol. The van der Waals surface area contributed by atoms with Crippen LogP contribution in [-0.2, 0) is 9.59 Å². The van der Waals surface area contributed by atoms with Gasteiger partial charge in [0.15, 0.2) is 11.5 Å². The minimum Gasteiger partial charge on any atom is -0.454 e. The minimum atomic E-state index is -0.567. The molecule has 0 spiro atoms. The Morgan fingerprint density at radius 3 is 1.94 bits per heavy atom. The van der Waals surface area contributed by atoms with Gasteiger partial charge in [0.1, 0.15) is 10.9 Å². The highest BCUT2D eigenvalue weighted by Gasteiger charge is 2.24. The molecule has 1 unspecified atom stereocenters. The summed E-state index contributed by atoms with van der Waals surface area (Å²) in [5.74, 6) is 0.131. The predicted molar refractivity (Wildman–Crippen MR) is 205 cm³/mol. The Hall–Kier alpha value is -6.58. The van der Waals surface area contributed by atoms with Crippen LogP contribution in [0.5, 0.6) is 11.5 Å². The lowest BCUT2D eigenvalue weighted by Crippen LogP contribution is -2.30. The maximum absolute atomic E-state index is 13.7. The molecule has 0 aromatic heterocycles. The quantitative estimate of drug-likeness (QED) is 0.0919. The molecule has 6 aromatic carbocycles. The average Bonchev–Trinajstić information content (AvgIpc) is 3.67. The molecule has 8 nitrogen and oxygen atoms in total. The summed E-state index contributed by atoms with van der Waals surface area (Å²) in [6.07, 6.45) is 1.65. The number of ether oxygens (including phenoxy) is 2. The van der Waals surface area contributed by atoms with E-state index in [4.69, 9.17) is 9.47 Å². The van der Waals surface area contributed by atoms with Gasteiger partial charge in [-0.05, 0) is 76.9 Å². The van der Waals surface area contributed by atoms with Crippen molar-refractivity contribution in [2.24, 2.45) is 0 Å². The van der Waals surface area contributed by atoms with Crippen molar-refractivity contribution in [3.05, 3.63) is 180 Å². The zero-order valence-corrected chi connectivity index (χ0v) is 28.6. The highest BCUT2D eigenvalue weighted by Crippen LogP contribution is 2.38. The molecule has 0 saturated carbocycles. The number of nitrogens with one attached hydrogen (secondary N) is 3. The number of benzene rings is 6. The van der Waals surface area contributed by atoms with E-state index in [9.17, 15) is 14.4 Å². The lowest BCUT2D eigenvalue weighted by molar-refractivity contribution is -0.116. The van der Waals surface area contributed by atoms with E-state index in [-0.39, 0.29) is 18.4 Å². The van der Waals surface area contributed by atoms with Crippen LogP contribution in [0.3, 0.4) is 0 Å². The Bertz CT molecular complexity index is 2210. The van der Waals surface area contributed by atoms with Crippen molar-refractivity contribution in [1.29, 1.82) is 0 Å². The molecule has 0 fully saturated rings. The third kappa shape index (κ3) is 8.40. The summed E-state index contributed by atoms with van der Waals surface area (Å²) in [4.78, 5) is 41.3. The Morgan fingerprint density at radius 2 is 1.23 bits per heavy atom. The van der Waals surface area contributed by atoms with E-state index < -0.39 is 17.1 Å². The standard InChI is InChI=1S/C43H33N3O5S/c47-41(33-14-8-3-9-15-33)46-37(26-29-16-18-31(19-17-29)30-10-4-1-5-11-30)42(48)44-34-20-23-36(24-21-34)52-40(32-12-6-2-7-13-32)43(49)45-35-22-25-38-39(27-35)51-28-50-38/h1-27,40H,28H2,(H,44,48)(H,45,49)(H,46,47)/b37-26-. The minimum absolute atomic E-state index is 0.0871. The molecular formula is C43H33N3O5S. The molecule has 1 aliphatic rings. The monoisotopic (exact) mass is 703 g/mol. The predicted octanol–water partition coefficient (Wildman–Crippen LogP) is 8.96. The summed E-state index contributed by atoms with van der Waals surface area (Å²) in [7, 11) is 0. The molecule has 52 heavy (non-hydrogen) atoms. The van der Waals surface area contributed by atoms with E-state index >= 15 is 0 Å². The van der Waals surface area contributed by atoms with Crippen LogP contribution in [0.4, 0.5) is 11.4 Å². The van der Waals surface area contributed by atoms with Crippen LogP contribution in [0, 0.1) is 0 Å². The molecule has 0 saturated heterocycles. The number of amides is 3. The first-order valence-corrected chi connectivity index (χ1v) is 17.4. The zero-order valence-electron chi connectivity index (χ0n) is 27.8. The van der Waals surface area contributed by atoms with Gasteiger partial charge in [-0.3, -0.25) is 14.4 Å². The molecule has 0 bridgehead atoms. The second kappa shape index (κ2) is 16.0. The van der Waals surface area contributed by atoms with Crippen molar-refractivity contribution < 1.29 is 23.9 Å². The summed E-state index contributed by atoms with van der Waals surface area (Å²) in [5, 5.41) is 8.15. The molecule has 1 atom stereocenters. The largest absolute Gasteiger partial charge is 0.454 e. The summed E-state index contributed by atoms with van der Waals surface area (Å²) < 4.78 is 10.9. The first-order chi connectivity index (χ1) is 25.5. The van der Waals surface area contributed by atoms with Crippen molar-refractivity contribution >= 4 is 46.9 Å². The fourth-order valence-corrected chi connectivity index (χ4v) is 6.57. The molecule has 3 N–H and O–H groups in total. The van der Waals surface area contributed by atoms with E-state index in [0.717, 1.165) is 27.1 Å². The van der Waals surface area contributed by atoms with Gasteiger partial charge in [-0.2, -0.15) is 0 Å². The number of thioether (sulfide) groups is 1. The zero-order chi connectivity index (χ0) is 35.7. The number of rotatable bonds is 11. The van der Waals surface area contributed by atoms with Crippen molar-refractivity contribution in [3.63, 3.8) is 0 Å². The molecule has 3 amide bonds. The van der Waals surface area contributed by atoms with Gasteiger partial charge >= 0.3 is 0 Å². The third-order valence-corrected chi connectivity index (χ3v) is 9.47. The van der Waals surface area contributed by atoms with Gasteiger partial charge in [0.05, 0.1) is 0 Å². The number of carbonyl (C=O) groups is 3. The number of carbonyl (C=O) groups excluding carboxylic acids is 3. The van der Waals surface area contributed by atoms with E-state index in [1.807, 2.05) is 103 Å². The molecule has 7 rings (SSSR count). The van der Waals surface area contributed by atoms with Gasteiger partial charge in [0, 0.05) is 27.9 Å². The number of hydrogen-bond acceptors (Lipinski definition) is 6. The van der Waals surface area contributed by atoms with Crippen LogP contribution < -0.4 is 25.4 Å². The van der Waals surface area contributed by atoms with Crippen LogP contribution in [0.15, 0.2) is 168 Å². The van der Waals surface area contributed by atoms with Gasteiger partial charge in [-0.25, -0.2) is 0 Å². The maximum Gasteiger partial charge on any atom is 0.272 e. The molecular weight excluding hydrogens is 671 g/mol.